The van der Waals surface area contributed by atoms with Gasteiger partial charge in [0.25, 0.3) is 0 Å². The number of hydrogen-bond donors (Lipinski definition) is 1. The molecule has 0 radical (unpaired) electrons. The molecule has 1 unspecified atom stereocenters. The van der Waals surface area contributed by atoms with Crippen LogP contribution in [-0.2, 0) is 6.42 Å². The van der Waals surface area contributed by atoms with Crippen LogP contribution >= 0.6 is 11.6 Å². The molecular weight excluding hydrogens is 234 g/mol. The van der Waals surface area contributed by atoms with E-state index in [1.165, 1.54) is 0 Å². The molecule has 2 rings (SSSR count). The molecule has 0 saturated heterocycles. The van der Waals surface area contributed by atoms with E-state index in [0.29, 0.717) is 6.04 Å². The predicted molar refractivity (Wildman–Crippen MR) is 71.7 cm³/mol. The number of furan rings is 1. The molecule has 2 aromatic rings. The molecule has 1 aromatic heterocycles. The van der Waals surface area contributed by atoms with Crippen LogP contribution in [0.25, 0.3) is 0 Å². The zero-order valence-electron chi connectivity index (χ0n) is 10.0. The standard InChI is InChI=1S/C14H16ClNO/c1-10(9-12-5-4-8-17-12)16-14-7-3-6-13(15)11(14)2/h3-8,10,16H,9H2,1-2H3. The summed E-state index contributed by atoms with van der Waals surface area (Å²) in [5, 5.41) is 4.24. The third-order valence-corrected chi connectivity index (χ3v) is 3.17. The first-order valence-electron chi connectivity index (χ1n) is 5.71. The van der Waals surface area contributed by atoms with Gasteiger partial charge in [-0.3, -0.25) is 0 Å². The van der Waals surface area contributed by atoms with E-state index in [1.54, 1.807) is 6.26 Å². The van der Waals surface area contributed by atoms with Crippen molar-refractivity contribution in [1.82, 2.24) is 0 Å². The summed E-state index contributed by atoms with van der Waals surface area (Å²) in [4.78, 5) is 0. The van der Waals surface area contributed by atoms with Crippen molar-refractivity contribution in [3.05, 3.63) is 52.9 Å². The Labute approximate surface area is 107 Å². The second kappa shape index (κ2) is 5.28. The normalized spacial score (nSPS) is 12.4. The second-order valence-corrected chi connectivity index (χ2v) is 4.65. The van der Waals surface area contributed by atoms with E-state index in [-0.39, 0.29) is 0 Å². The first kappa shape index (κ1) is 12.1. The molecule has 90 valence electrons. The quantitative estimate of drug-likeness (QED) is 0.875. The molecule has 0 saturated carbocycles. The molecule has 17 heavy (non-hydrogen) atoms. The monoisotopic (exact) mass is 249 g/mol. The highest BCUT2D eigenvalue weighted by molar-refractivity contribution is 6.31. The molecule has 0 bridgehead atoms. The third-order valence-electron chi connectivity index (χ3n) is 2.76. The minimum absolute atomic E-state index is 0.304. The lowest BCUT2D eigenvalue weighted by Gasteiger charge is -2.16. The Bertz CT molecular complexity index is 479. The fourth-order valence-electron chi connectivity index (χ4n) is 1.81. The van der Waals surface area contributed by atoms with E-state index in [4.69, 9.17) is 16.0 Å². The smallest absolute Gasteiger partial charge is 0.105 e. The minimum atomic E-state index is 0.304. The second-order valence-electron chi connectivity index (χ2n) is 4.24. The zero-order chi connectivity index (χ0) is 12.3. The van der Waals surface area contributed by atoms with Gasteiger partial charge < -0.3 is 9.73 Å². The van der Waals surface area contributed by atoms with Crippen molar-refractivity contribution in [2.75, 3.05) is 5.32 Å². The van der Waals surface area contributed by atoms with Gasteiger partial charge in [-0.2, -0.15) is 0 Å². The summed E-state index contributed by atoms with van der Waals surface area (Å²) in [5.74, 6) is 0.990. The lowest BCUT2D eigenvalue weighted by atomic mass is 10.1. The van der Waals surface area contributed by atoms with Gasteiger partial charge in [0, 0.05) is 23.2 Å². The number of halogens is 1. The molecule has 1 heterocycles. The predicted octanol–water partition coefficient (Wildman–Crippen LogP) is 4.28. The molecule has 0 spiro atoms. The van der Waals surface area contributed by atoms with Crippen LogP contribution in [0.15, 0.2) is 41.0 Å². The van der Waals surface area contributed by atoms with Crippen molar-refractivity contribution < 1.29 is 4.42 Å². The molecule has 2 nitrogen and oxygen atoms in total. The Kier molecular flexibility index (Phi) is 3.75. The highest BCUT2D eigenvalue weighted by atomic mass is 35.5. The van der Waals surface area contributed by atoms with Crippen LogP contribution in [0.5, 0.6) is 0 Å². The fourth-order valence-corrected chi connectivity index (χ4v) is 1.99. The van der Waals surface area contributed by atoms with Gasteiger partial charge >= 0.3 is 0 Å². The average Bonchev–Trinajstić information content (AvgIpc) is 2.77. The Morgan fingerprint density at radius 3 is 2.82 bits per heavy atom. The summed E-state index contributed by atoms with van der Waals surface area (Å²) in [7, 11) is 0. The lowest BCUT2D eigenvalue weighted by molar-refractivity contribution is 0.498. The summed E-state index contributed by atoms with van der Waals surface area (Å²) in [6, 6.07) is 10.1. The average molecular weight is 250 g/mol. The molecule has 1 atom stereocenters. The van der Waals surface area contributed by atoms with Crippen LogP contribution in [0.1, 0.15) is 18.2 Å². The highest BCUT2D eigenvalue weighted by Gasteiger charge is 2.08. The minimum Gasteiger partial charge on any atom is -0.469 e. The van der Waals surface area contributed by atoms with Gasteiger partial charge in [0.1, 0.15) is 5.76 Å². The lowest BCUT2D eigenvalue weighted by Crippen LogP contribution is -2.18. The Hall–Kier alpha value is -1.41. The molecule has 1 aromatic carbocycles. The van der Waals surface area contributed by atoms with Gasteiger partial charge in [-0.25, -0.2) is 0 Å². The van der Waals surface area contributed by atoms with E-state index >= 15 is 0 Å². The number of rotatable bonds is 4. The summed E-state index contributed by atoms with van der Waals surface area (Å²) < 4.78 is 5.33. The van der Waals surface area contributed by atoms with E-state index in [2.05, 4.69) is 12.2 Å². The molecular formula is C14H16ClNO. The van der Waals surface area contributed by atoms with Crippen molar-refractivity contribution in [2.45, 2.75) is 26.3 Å². The summed E-state index contributed by atoms with van der Waals surface area (Å²) >= 11 is 6.08. The van der Waals surface area contributed by atoms with Crippen LogP contribution in [0, 0.1) is 6.92 Å². The molecule has 0 aliphatic rings. The van der Waals surface area contributed by atoms with E-state index < -0.39 is 0 Å². The fraction of sp³-hybridized carbons (Fsp3) is 0.286. The number of nitrogens with one attached hydrogen (secondary N) is 1. The number of hydrogen-bond acceptors (Lipinski definition) is 2. The van der Waals surface area contributed by atoms with Crippen molar-refractivity contribution >= 4 is 17.3 Å². The van der Waals surface area contributed by atoms with Crippen LogP contribution < -0.4 is 5.32 Å². The van der Waals surface area contributed by atoms with Gasteiger partial charge in [0.2, 0.25) is 0 Å². The van der Waals surface area contributed by atoms with Crippen molar-refractivity contribution in [3.63, 3.8) is 0 Å². The summed E-state index contributed by atoms with van der Waals surface area (Å²) in [6.45, 7) is 4.15. The van der Waals surface area contributed by atoms with Crippen LogP contribution in [0.4, 0.5) is 5.69 Å². The SMILES string of the molecule is Cc1c(Cl)cccc1NC(C)Cc1ccco1. The van der Waals surface area contributed by atoms with Gasteiger partial charge in [0.15, 0.2) is 0 Å². The maximum atomic E-state index is 6.08. The highest BCUT2D eigenvalue weighted by Crippen LogP contribution is 2.23. The molecule has 0 aliphatic carbocycles. The van der Waals surface area contributed by atoms with Crippen molar-refractivity contribution in [2.24, 2.45) is 0 Å². The number of benzene rings is 1. The zero-order valence-corrected chi connectivity index (χ0v) is 10.8. The first-order chi connectivity index (χ1) is 8.16. The largest absolute Gasteiger partial charge is 0.469 e. The number of anilines is 1. The van der Waals surface area contributed by atoms with Crippen LogP contribution in [-0.4, -0.2) is 6.04 Å². The molecule has 1 N–H and O–H groups in total. The maximum Gasteiger partial charge on any atom is 0.105 e. The topological polar surface area (TPSA) is 25.2 Å². The van der Waals surface area contributed by atoms with Gasteiger partial charge in [-0.15, -0.1) is 0 Å². The summed E-state index contributed by atoms with van der Waals surface area (Å²) in [6.07, 6.45) is 2.56. The van der Waals surface area contributed by atoms with E-state index in [9.17, 15) is 0 Å². The molecule has 3 heteroatoms. The van der Waals surface area contributed by atoms with Crippen molar-refractivity contribution in [3.8, 4) is 0 Å². The summed E-state index contributed by atoms with van der Waals surface area (Å²) in [5.41, 5.74) is 2.16. The Morgan fingerprint density at radius 2 is 2.12 bits per heavy atom. The van der Waals surface area contributed by atoms with Crippen LogP contribution in [0.2, 0.25) is 5.02 Å². The van der Waals surface area contributed by atoms with Gasteiger partial charge in [0.05, 0.1) is 6.26 Å². The van der Waals surface area contributed by atoms with Crippen LogP contribution in [0.3, 0.4) is 0 Å². The van der Waals surface area contributed by atoms with Gasteiger partial charge in [-0.1, -0.05) is 17.7 Å². The Morgan fingerprint density at radius 1 is 1.29 bits per heavy atom. The Balaban J connectivity index is 2.03. The molecule has 0 fully saturated rings. The van der Waals surface area contributed by atoms with E-state index in [0.717, 1.165) is 28.5 Å². The molecule has 0 amide bonds. The maximum absolute atomic E-state index is 6.08. The van der Waals surface area contributed by atoms with E-state index in [1.807, 2.05) is 37.3 Å². The van der Waals surface area contributed by atoms with Crippen molar-refractivity contribution in [1.29, 1.82) is 0 Å². The first-order valence-corrected chi connectivity index (χ1v) is 6.08. The molecule has 0 aliphatic heterocycles. The third kappa shape index (κ3) is 3.04. The van der Waals surface area contributed by atoms with Gasteiger partial charge in [-0.05, 0) is 43.7 Å².